The lowest BCUT2D eigenvalue weighted by Gasteiger charge is -2.10. The summed E-state index contributed by atoms with van der Waals surface area (Å²) in [5.74, 6) is 2.63. The Labute approximate surface area is 165 Å². The Balaban J connectivity index is 1.48. The van der Waals surface area contributed by atoms with E-state index in [1.165, 1.54) is 23.3 Å². The largest absolute Gasteiger partial charge is 0.383 e. The molecule has 0 unspecified atom stereocenters. The quantitative estimate of drug-likeness (QED) is 0.588. The Morgan fingerprint density at radius 3 is 2.85 bits per heavy atom. The summed E-state index contributed by atoms with van der Waals surface area (Å²) < 4.78 is 0.920. The van der Waals surface area contributed by atoms with E-state index in [9.17, 15) is 0 Å². The van der Waals surface area contributed by atoms with E-state index < -0.39 is 0 Å². The van der Waals surface area contributed by atoms with Crippen molar-refractivity contribution in [3.05, 3.63) is 16.3 Å². The monoisotopic (exact) mass is 406 g/mol. The molecule has 0 saturated carbocycles. The number of nitrogen functional groups attached to an aromatic ring is 1. The normalized spacial score (nSPS) is 14.1. The number of anilines is 2. The molecule has 0 bridgehead atoms. The lowest BCUT2D eigenvalue weighted by atomic mass is 9.97. The fourth-order valence-electron chi connectivity index (χ4n) is 3.05. The van der Waals surface area contributed by atoms with Gasteiger partial charge >= 0.3 is 0 Å². The van der Waals surface area contributed by atoms with E-state index in [1.54, 1.807) is 34.4 Å². The molecular weight excluding hydrogens is 384 g/mol. The highest BCUT2D eigenvalue weighted by Gasteiger charge is 2.20. The standard InChI is InChI=1S/C17H22N6S3/c1-9(2)7-19-16-22-23-17(26-16)24-8-12-20-14(18)13-10-5-3-4-6-11(10)25-15(13)21-12/h9H,3-8H2,1-2H3,(H,19,22)(H2,18,20,21). The maximum atomic E-state index is 6.28. The number of fused-ring (bicyclic) bond motifs is 3. The van der Waals surface area contributed by atoms with Crippen molar-refractivity contribution in [1.82, 2.24) is 20.2 Å². The molecule has 0 spiro atoms. The number of thiophene rings is 1. The summed E-state index contributed by atoms with van der Waals surface area (Å²) in [6, 6.07) is 0. The summed E-state index contributed by atoms with van der Waals surface area (Å²) in [7, 11) is 0. The average Bonchev–Trinajstić information content (AvgIpc) is 3.22. The van der Waals surface area contributed by atoms with Crippen LogP contribution in [0.15, 0.2) is 4.34 Å². The van der Waals surface area contributed by atoms with Gasteiger partial charge in [-0.25, -0.2) is 9.97 Å². The van der Waals surface area contributed by atoms with Crippen molar-refractivity contribution in [3.63, 3.8) is 0 Å². The summed E-state index contributed by atoms with van der Waals surface area (Å²) >= 11 is 4.97. The van der Waals surface area contributed by atoms with Gasteiger partial charge in [0.25, 0.3) is 0 Å². The van der Waals surface area contributed by atoms with E-state index in [0.717, 1.165) is 44.9 Å². The molecule has 3 heterocycles. The topological polar surface area (TPSA) is 89.6 Å². The second kappa shape index (κ2) is 7.66. The van der Waals surface area contributed by atoms with Crippen molar-refractivity contribution in [2.75, 3.05) is 17.6 Å². The molecule has 0 amide bonds. The van der Waals surface area contributed by atoms with Gasteiger partial charge in [-0.15, -0.1) is 21.5 Å². The number of aryl methyl sites for hydroxylation is 2. The minimum absolute atomic E-state index is 0.578. The molecule has 4 rings (SSSR count). The average molecular weight is 407 g/mol. The smallest absolute Gasteiger partial charge is 0.206 e. The van der Waals surface area contributed by atoms with Crippen LogP contribution in [0.2, 0.25) is 0 Å². The number of nitrogens with one attached hydrogen (secondary N) is 1. The number of hydrogen-bond acceptors (Lipinski definition) is 9. The van der Waals surface area contributed by atoms with Crippen LogP contribution in [0.4, 0.5) is 10.9 Å². The predicted octanol–water partition coefficient (Wildman–Crippen LogP) is 4.36. The van der Waals surface area contributed by atoms with Crippen LogP contribution >= 0.6 is 34.4 Å². The summed E-state index contributed by atoms with van der Waals surface area (Å²) in [6.07, 6.45) is 4.75. The zero-order chi connectivity index (χ0) is 18.1. The third kappa shape index (κ3) is 3.79. The molecule has 1 aliphatic rings. The van der Waals surface area contributed by atoms with Crippen molar-refractivity contribution in [3.8, 4) is 0 Å². The summed E-state index contributed by atoms with van der Waals surface area (Å²) in [5.41, 5.74) is 7.66. The Morgan fingerprint density at radius 2 is 2.00 bits per heavy atom. The van der Waals surface area contributed by atoms with Crippen LogP contribution in [0.25, 0.3) is 10.2 Å². The molecule has 6 nitrogen and oxygen atoms in total. The first kappa shape index (κ1) is 17.9. The molecule has 9 heteroatoms. The van der Waals surface area contributed by atoms with Gasteiger partial charge in [0, 0.05) is 11.4 Å². The minimum atomic E-state index is 0.578. The molecule has 26 heavy (non-hydrogen) atoms. The SMILES string of the molecule is CC(C)CNc1nnc(SCc2nc(N)c3c4c(sc3n2)CCCC4)s1. The number of nitrogens with two attached hydrogens (primary N) is 1. The van der Waals surface area contributed by atoms with Crippen LogP contribution in [0, 0.1) is 5.92 Å². The van der Waals surface area contributed by atoms with Crippen LogP contribution in [-0.2, 0) is 18.6 Å². The van der Waals surface area contributed by atoms with Crippen molar-refractivity contribution in [2.24, 2.45) is 5.92 Å². The van der Waals surface area contributed by atoms with Gasteiger partial charge in [-0.05, 0) is 37.2 Å². The van der Waals surface area contributed by atoms with Gasteiger partial charge in [-0.2, -0.15) is 0 Å². The summed E-state index contributed by atoms with van der Waals surface area (Å²) in [4.78, 5) is 11.8. The van der Waals surface area contributed by atoms with E-state index in [0.29, 0.717) is 17.5 Å². The maximum absolute atomic E-state index is 6.28. The Bertz CT molecular complexity index is 917. The van der Waals surface area contributed by atoms with Crippen LogP contribution in [0.1, 0.15) is 43.0 Å². The first-order valence-corrected chi connectivity index (χ1v) is 11.5. The van der Waals surface area contributed by atoms with Crippen molar-refractivity contribution >= 4 is 55.6 Å². The van der Waals surface area contributed by atoms with Gasteiger partial charge in [-0.3, -0.25) is 0 Å². The van der Waals surface area contributed by atoms with E-state index in [4.69, 9.17) is 10.7 Å². The first-order chi connectivity index (χ1) is 12.6. The zero-order valence-electron chi connectivity index (χ0n) is 14.9. The lowest BCUT2D eigenvalue weighted by molar-refractivity contribution is 0.687. The maximum Gasteiger partial charge on any atom is 0.206 e. The summed E-state index contributed by atoms with van der Waals surface area (Å²) in [6.45, 7) is 5.24. The zero-order valence-corrected chi connectivity index (χ0v) is 17.4. The Hall–Kier alpha value is -1.45. The third-order valence-electron chi connectivity index (χ3n) is 4.28. The number of nitrogens with zero attached hydrogens (tertiary/aromatic N) is 4. The molecule has 0 fully saturated rings. The van der Waals surface area contributed by atoms with Gasteiger partial charge in [0.15, 0.2) is 4.34 Å². The highest BCUT2D eigenvalue weighted by atomic mass is 32.2. The van der Waals surface area contributed by atoms with Gasteiger partial charge < -0.3 is 11.1 Å². The molecule has 3 N–H and O–H groups in total. The fourth-order valence-corrected chi connectivity index (χ4v) is 5.96. The number of rotatable bonds is 6. The van der Waals surface area contributed by atoms with Gasteiger partial charge in [0.1, 0.15) is 16.5 Å². The Kier molecular flexibility index (Phi) is 5.28. The second-order valence-electron chi connectivity index (χ2n) is 6.85. The van der Waals surface area contributed by atoms with Gasteiger partial charge in [0.05, 0.1) is 11.1 Å². The van der Waals surface area contributed by atoms with E-state index in [2.05, 4.69) is 34.3 Å². The first-order valence-electron chi connectivity index (χ1n) is 8.87. The van der Waals surface area contributed by atoms with E-state index in [-0.39, 0.29) is 0 Å². The minimum Gasteiger partial charge on any atom is -0.383 e. The highest BCUT2D eigenvalue weighted by molar-refractivity contribution is 8.00. The Morgan fingerprint density at radius 1 is 1.15 bits per heavy atom. The molecule has 1 aliphatic carbocycles. The molecule has 138 valence electrons. The highest BCUT2D eigenvalue weighted by Crippen LogP contribution is 2.38. The molecule has 0 atom stereocenters. The molecule has 0 radical (unpaired) electrons. The lowest BCUT2D eigenvalue weighted by Crippen LogP contribution is -2.07. The second-order valence-corrected chi connectivity index (χ2v) is 10.1. The van der Waals surface area contributed by atoms with Crippen molar-refractivity contribution in [2.45, 2.75) is 49.6 Å². The molecule has 0 aromatic carbocycles. The molecular formula is C17H22N6S3. The van der Waals surface area contributed by atoms with Gasteiger partial charge in [-0.1, -0.05) is 36.9 Å². The van der Waals surface area contributed by atoms with Crippen LogP contribution < -0.4 is 11.1 Å². The number of hydrogen-bond donors (Lipinski definition) is 2. The number of aromatic nitrogens is 4. The van der Waals surface area contributed by atoms with Gasteiger partial charge in [0.2, 0.25) is 5.13 Å². The summed E-state index contributed by atoms with van der Waals surface area (Å²) in [5, 5.41) is 13.7. The fraction of sp³-hybridized carbons (Fsp3) is 0.529. The van der Waals surface area contributed by atoms with E-state index >= 15 is 0 Å². The molecule has 0 saturated heterocycles. The van der Waals surface area contributed by atoms with Crippen LogP contribution in [0.3, 0.4) is 0 Å². The van der Waals surface area contributed by atoms with Crippen molar-refractivity contribution in [1.29, 1.82) is 0 Å². The van der Waals surface area contributed by atoms with Crippen LogP contribution in [0.5, 0.6) is 0 Å². The molecule has 3 aromatic rings. The van der Waals surface area contributed by atoms with Crippen LogP contribution in [-0.4, -0.2) is 26.7 Å². The molecule has 3 aromatic heterocycles. The van der Waals surface area contributed by atoms with Crippen molar-refractivity contribution < 1.29 is 0 Å². The van der Waals surface area contributed by atoms with E-state index in [1.807, 2.05) is 0 Å². The third-order valence-corrected chi connectivity index (χ3v) is 7.48. The molecule has 0 aliphatic heterocycles. The number of thioether (sulfide) groups is 1. The predicted molar refractivity (Wildman–Crippen MR) is 111 cm³/mol.